The molecule has 0 saturated carbocycles. The number of hydrogen-bond acceptors (Lipinski definition) is 3. The van der Waals surface area contributed by atoms with Gasteiger partial charge in [0.15, 0.2) is 0 Å². The number of nitrogens with two attached hydrogens (primary N) is 1. The highest BCUT2D eigenvalue weighted by Gasteiger charge is 2.32. The van der Waals surface area contributed by atoms with E-state index in [1.807, 2.05) is 25.7 Å². The van der Waals surface area contributed by atoms with E-state index in [0.29, 0.717) is 18.4 Å². The standard InChI is InChI=1S/C18H33N3O2/c1-18(2,3)17(23)20-10-7-14(8-11-20)13-21-9-5-4-6-15(21)12-16(19)22/h14-15H,4-13H2,1-3H3,(H2,19,22)/t15-/m0/s1. The van der Waals surface area contributed by atoms with Crippen molar-refractivity contribution in [3.8, 4) is 0 Å². The van der Waals surface area contributed by atoms with Crippen molar-refractivity contribution in [2.45, 2.75) is 65.3 Å². The molecule has 2 rings (SSSR count). The molecule has 0 spiro atoms. The van der Waals surface area contributed by atoms with Gasteiger partial charge in [0.2, 0.25) is 11.8 Å². The molecule has 2 aliphatic rings. The summed E-state index contributed by atoms with van der Waals surface area (Å²) in [4.78, 5) is 28.1. The predicted molar refractivity (Wildman–Crippen MR) is 91.8 cm³/mol. The van der Waals surface area contributed by atoms with Crippen LogP contribution in [0.3, 0.4) is 0 Å². The fraction of sp³-hybridized carbons (Fsp3) is 0.889. The Bertz CT molecular complexity index is 422. The first-order valence-corrected chi connectivity index (χ1v) is 9.09. The third kappa shape index (κ3) is 5.20. The second-order valence-electron chi connectivity index (χ2n) is 8.30. The van der Waals surface area contributed by atoms with Crippen LogP contribution in [-0.2, 0) is 9.59 Å². The largest absolute Gasteiger partial charge is 0.370 e. The summed E-state index contributed by atoms with van der Waals surface area (Å²) in [7, 11) is 0. The highest BCUT2D eigenvalue weighted by atomic mass is 16.2. The molecule has 2 N–H and O–H groups in total. The number of carbonyl (C=O) groups excluding carboxylic acids is 2. The molecule has 2 saturated heterocycles. The lowest BCUT2D eigenvalue weighted by atomic mass is 9.89. The molecule has 23 heavy (non-hydrogen) atoms. The first kappa shape index (κ1) is 18.2. The fourth-order valence-corrected chi connectivity index (χ4v) is 3.89. The van der Waals surface area contributed by atoms with E-state index in [2.05, 4.69) is 4.90 Å². The van der Waals surface area contributed by atoms with Gasteiger partial charge in [-0.1, -0.05) is 27.2 Å². The van der Waals surface area contributed by atoms with Gasteiger partial charge in [-0.3, -0.25) is 14.5 Å². The van der Waals surface area contributed by atoms with Crippen molar-refractivity contribution in [2.75, 3.05) is 26.2 Å². The highest BCUT2D eigenvalue weighted by Crippen LogP contribution is 2.27. The van der Waals surface area contributed by atoms with Crippen LogP contribution in [0.1, 0.15) is 59.3 Å². The Morgan fingerprint density at radius 1 is 1.04 bits per heavy atom. The minimum Gasteiger partial charge on any atom is -0.370 e. The van der Waals surface area contributed by atoms with Crippen LogP contribution in [0.25, 0.3) is 0 Å². The molecule has 0 radical (unpaired) electrons. The number of piperidine rings is 2. The molecule has 1 atom stereocenters. The van der Waals surface area contributed by atoms with E-state index < -0.39 is 0 Å². The zero-order chi connectivity index (χ0) is 17.0. The van der Waals surface area contributed by atoms with E-state index in [1.54, 1.807) is 0 Å². The van der Waals surface area contributed by atoms with Crippen molar-refractivity contribution in [1.82, 2.24) is 9.80 Å². The van der Waals surface area contributed by atoms with Crippen molar-refractivity contribution in [3.63, 3.8) is 0 Å². The highest BCUT2D eigenvalue weighted by molar-refractivity contribution is 5.81. The monoisotopic (exact) mass is 323 g/mol. The number of carbonyl (C=O) groups is 2. The molecule has 0 aromatic rings. The van der Waals surface area contributed by atoms with Gasteiger partial charge in [-0.25, -0.2) is 0 Å². The molecule has 0 bridgehead atoms. The number of nitrogens with zero attached hydrogens (tertiary/aromatic N) is 2. The summed E-state index contributed by atoms with van der Waals surface area (Å²) < 4.78 is 0. The lowest BCUT2D eigenvalue weighted by Gasteiger charge is -2.41. The smallest absolute Gasteiger partial charge is 0.227 e. The van der Waals surface area contributed by atoms with E-state index in [0.717, 1.165) is 45.4 Å². The Morgan fingerprint density at radius 2 is 1.70 bits per heavy atom. The van der Waals surface area contributed by atoms with Crippen LogP contribution in [-0.4, -0.2) is 53.8 Å². The van der Waals surface area contributed by atoms with E-state index >= 15 is 0 Å². The molecule has 0 aromatic heterocycles. The SMILES string of the molecule is CC(C)(C)C(=O)N1CCC(CN2CCCC[C@H]2CC(N)=O)CC1. The van der Waals surface area contributed by atoms with E-state index in [4.69, 9.17) is 5.73 Å². The van der Waals surface area contributed by atoms with Gasteiger partial charge < -0.3 is 10.6 Å². The third-order valence-corrected chi connectivity index (χ3v) is 5.22. The van der Waals surface area contributed by atoms with Gasteiger partial charge in [-0.05, 0) is 38.1 Å². The number of rotatable bonds is 4. The molecular formula is C18H33N3O2. The number of primary amides is 1. The summed E-state index contributed by atoms with van der Waals surface area (Å²) in [5, 5.41) is 0. The molecule has 2 heterocycles. The molecule has 0 unspecified atom stereocenters. The molecular weight excluding hydrogens is 290 g/mol. The lowest BCUT2D eigenvalue weighted by Crippen LogP contribution is -2.48. The fourth-order valence-electron chi connectivity index (χ4n) is 3.89. The Morgan fingerprint density at radius 3 is 2.26 bits per heavy atom. The van der Waals surface area contributed by atoms with Crippen LogP contribution in [0.2, 0.25) is 0 Å². The minimum absolute atomic E-state index is 0.188. The molecule has 5 nitrogen and oxygen atoms in total. The topological polar surface area (TPSA) is 66.6 Å². The minimum atomic E-state index is -0.285. The summed E-state index contributed by atoms with van der Waals surface area (Å²) in [5.74, 6) is 0.709. The van der Waals surface area contributed by atoms with Crippen LogP contribution in [0.4, 0.5) is 0 Å². The van der Waals surface area contributed by atoms with Crippen LogP contribution < -0.4 is 5.73 Å². The maximum Gasteiger partial charge on any atom is 0.227 e. The quantitative estimate of drug-likeness (QED) is 0.860. The van der Waals surface area contributed by atoms with Crippen LogP contribution in [0.15, 0.2) is 0 Å². The predicted octanol–water partition coefficient (Wildman–Crippen LogP) is 2.00. The normalized spacial score (nSPS) is 24.7. The molecule has 2 fully saturated rings. The van der Waals surface area contributed by atoms with Gasteiger partial charge in [0.25, 0.3) is 0 Å². The summed E-state index contributed by atoms with van der Waals surface area (Å²) in [6, 6.07) is 0.329. The summed E-state index contributed by atoms with van der Waals surface area (Å²) in [6.45, 7) is 9.84. The van der Waals surface area contributed by atoms with E-state index in [-0.39, 0.29) is 17.2 Å². The Hall–Kier alpha value is -1.10. The Kier molecular flexibility index (Phi) is 6.06. The van der Waals surface area contributed by atoms with Crippen molar-refractivity contribution >= 4 is 11.8 Å². The summed E-state index contributed by atoms with van der Waals surface area (Å²) >= 11 is 0. The third-order valence-electron chi connectivity index (χ3n) is 5.22. The van der Waals surface area contributed by atoms with Crippen molar-refractivity contribution < 1.29 is 9.59 Å². The maximum absolute atomic E-state index is 12.4. The average Bonchev–Trinajstić information content (AvgIpc) is 2.48. The van der Waals surface area contributed by atoms with E-state index in [9.17, 15) is 9.59 Å². The Labute approximate surface area is 140 Å². The molecule has 132 valence electrons. The van der Waals surface area contributed by atoms with Gasteiger partial charge in [0, 0.05) is 37.5 Å². The first-order valence-electron chi connectivity index (χ1n) is 9.09. The molecule has 0 aliphatic carbocycles. The van der Waals surface area contributed by atoms with Gasteiger partial charge in [-0.2, -0.15) is 0 Å². The molecule has 5 heteroatoms. The van der Waals surface area contributed by atoms with Crippen LogP contribution in [0, 0.1) is 11.3 Å². The number of likely N-dealkylation sites (tertiary alicyclic amines) is 2. The van der Waals surface area contributed by atoms with Crippen molar-refractivity contribution in [2.24, 2.45) is 17.1 Å². The van der Waals surface area contributed by atoms with Gasteiger partial charge in [0.05, 0.1) is 0 Å². The number of amides is 2. The first-order chi connectivity index (χ1) is 10.8. The van der Waals surface area contributed by atoms with Gasteiger partial charge in [-0.15, -0.1) is 0 Å². The van der Waals surface area contributed by atoms with Crippen molar-refractivity contribution in [3.05, 3.63) is 0 Å². The van der Waals surface area contributed by atoms with E-state index in [1.165, 1.54) is 12.8 Å². The van der Waals surface area contributed by atoms with Crippen molar-refractivity contribution in [1.29, 1.82) is 0 Å². The maximum atomic E-state index is 12.4. The van der Waals surface area contributed by atoms with Gasteiger partial charge >= 0.3 is 0 Å². The zero-order valence-electron chi connectivity index (χ0n) is 15.0. The second-order valence-corrected chi connectivity index (χ2v) is 8.30. The molecule has 2 aliphatic heterocycles. The molecule has 2 amide bonds. The second kappa shape index (κ2) is 7.65. The van der Waals surface area contributed by atoms with Crippen LogP contribution >= 0.6 is 0 Å². The summed E-state index contributed by atoms with van der Waals surface area (Å²) in [5.41, 5.74) is 5.12. The zero-order valence-corrected chi connectivity index (χ0v) is 15.0. The number of hydrogen-bond donors (Lipinski definition) is 1. The lowest BCUT2D eigenvalue weighted by molar-refractivity contribution is -0.141. The van der Waals surface area contributed by atoms with Crippen LogP contribution in [0.5, 0.6) is 0 Å². The van der Waals surface area contributed by atoms with Gasteiger partial charge in [0.1, 0.15) is 0 Å². The molecule has 0 aromatic carbocycles. The summed E-state index contributed by atoms with van der Waals surface area (Å²) in [6.07, 6.45) is 6.14. The average molecular weight is 323 g/mol. The Balaban J connectivity index is 1.83.